The molecule has 19 heavy (non-hydrogen) atoms. The predicted molar refractivity (Wildman–Crippen MR) is 64.8 cm³/mol. The van der Waals surface area contributed by atoms with Crippen molar-refractivity contribution in [1.29, 1.82) is 0 Å². The average molecular weight is 334 g/mol. The summed E-state index contributed by atoms with van der Waals surface area (Å²) < 4.78 is 36.3. The first kappa shape index (κ1) is 14.8. The van der Waals surface area contributed by atoms with E-state index in [-0.39, 0.29) is 10.6 Å². The van der Waals surface area contributed by atoms with E-state index in [0.29, 0.717) is 0 Å². The Balaban J connectivity index is 2.43. The standard InChI is InChI=1S/C11H6Cl3F3O2/c12-6-2-4(1-5(3-6)11(15,16)17)7-8(9(18)19)10(7,13)14/h1-3,7-8H,(H,18,19)/t7-,8+/m0/s1. The molecule has 0 aromatic heterocycles. The number of halogens is 6. The van der Waals surface area contributed by atoms with Gasteiger partial charge in [-0.2, -0.15) is 13.2 Å². The molecule has 0 amide bonds. The van der Waals surface area contributed by atoms with Crippen LogP contribution in [0.25, 0.3) is 0 Å². The Morgan fingerprint density at radius 3 is 2.26 bits per heavy atom. The third-order valence-electron chi connectivity index (χ3n) is 2.93. The van der Waals surface area contributed by atoms with Crippen molar-refractivity contribution < 1.29 is 23.1 Å². The minimum absolute atomic E-state index is 0.0669. The van der Waals surface area contributed by atoms with Gasteiger partial charge in [-0.3, -0.25) is 4.79 Å². The van der Waals surface area contributed by atoms with Gasteiger partial charge in [0.1, 0.15) is 4.33 Å². The van der Waals surface area contributed by atoms with E-state index < -0.39 is 33.9 Å². The smallest absolute Gasteiger partial charge is 0.416 e. The first-order valence-electron chi connectivity index (χ1n) is 5.03. The summed E-state index contributed by atoms with van der Waals surface area (Å²) in [7, 11) is 0. The highest BCUT2D eigenvalue weighted by molar-refractivity contribution is 6.53. The molecule has 1 saturated carbocycles. The molecule has 0 spiro atoms. The Labute approximate surface area is 121 Å². The molecule has 0 unspecified atom stereocenters. The summed E-state index contributed by atoms with van der Waals surface area (Å²) in [5.74, 6) is -3.31. The number of rotatable bonds is 2. The summed E-state index contributed by atoms with van der Waals surface area (Å²) in [6, 6.07) is 2.82. The highest BCUT2D eigenvalue weighted by Crippen LogP contribution is 2.65. The summed E-state index contributed by atoms with van der Waals surface area (Å²) >= 11 is 17.2. The van der Waals surface area contributed by atoms with Crippen LogP contribution in [0.1, 0.15) is 17.0 Å². The Morgan fingerprint density at radius 1 is 1.26 bits per heavy atom. The van der Waals surface area contributed by atoms with Gasteiger partial charge in [-0.05, 0) is 23.8 Å². The first-order valence-corrected chi connectivity index (χ1v) is 6.17. The molecule has 0 heterocycles. The molecule has 2 rings (SSSR count). The van der Waals surface area contributed by atoms with E-state index in [0.717, 1.165) is 12.1 Å². The van der Waals surface area contributed by atoms with E-state index in [2.05, 4.69) is 0 Å². The molecule has 2 nitrogen and oxygen atoms in total. The molecular weight excluding hydrogens is 327 g/mol. The largest absolute Gasteiger partial charge is 0.481 e. The van der Waals surface area contributed by atoms with Crippen molar-refractivity contribution in [2.24, 2.45) is 5.92 Å². The van der Waals surface area contributed by atoms with Crippen LogP contribution in [0.5, 0.6) is 0 Å². The Morgan fingerprint density at radius 2 is 1.84 bits per heavy atom. The molecule has 0 saturated heterocycles. The maximum atomic E-state index is 12.6. The lowest BCUT2D eigenvalue weighted by molar-refractivity contribution is -0.138. The molecule has 104 valence electrons. The van der Waals surface area contributed by atoms with Crippen LogP contribution >= 0.6 is 34.8 Å². The molecular formula is C11H6Cl3F3O2. The average Bonchev–Trinajstić information content (AvgIpc) is 2.79. The van der Waals surface area contributed by atoms with Crippen LogP contribution in [0.15, 0.2) is 18.2 Å². The van der Waals surface area contributed by atoms with Crippen molar-refractivity contribution in [2.45, 2.75) is 16.4 Å². The van der Waals surface area contributed by atoms with Gasteiger partial charge in [-0.1, -0.05) is 34.8 Å². The second-order valence-corrected chi connectivity index (χ2v) is 6.12. The van der Waals surface area contributed by atoms with Gasteiger partial charge in [0.15, 0.2) is 0 Å². The van der Waals surface area contributed by atoms with Crippen LogP contribution in [0.2, 0.25) is 5.02 Å². The number of hydrogen-bond acceptors (Lipinski definition) is 1. The molecule has 1 fully saturated rings. The summed E-state index contributed by atoms with van der Waals surface area (Å²) in [4.78, 5) is 10.9. The number of carboxylic acids is 1. The molecule has 0 bridgehead atoms. The zero-order valence-electron chi connectivity index (χ0n) is 9.01. The van der Waals surface area contributed by atoms with Crippen LogP contribution in [-0.4, -0.2) is 15.4 Å². The van der Waals surface area contributed by atoms with Crippen molar-refractivity contribution >= 4 is 40.8 Å². The van der Waals surface area contributed by atoms with Gasteiger partial charge < -0.3 is 5.11 Å². The lowest BCUT2D eigenvalue weighted by Gasteiger charge is -2.10. The number of aliphatic carboxylic acids is 1. The van der Waals surface area contributed by atoms with Crippen LogP contribution < -0.4 is 0 Å². The van der Waals surface area contributed by atoms with Crippen molar-refractivity contribution in [3.63, 3.8) is 0 Å². The molecule has 0 aliphatic heterocycles. The highest BCUT2D eigenvalue weighted by Gasteiger charge is 2.68. The number of hydrogen-bond donors (Lipinski definition) is 1. The third kappa shape index (κ3) is 2.64. The van der Waals surface area contributed by atoms with Gasteiger partial charge >= 0.3 is 12.1 Å². The maximum absolute atomic E-state index is 12.6. The first-order chi connectivity index (χ1) is 8.55. The van der Waals surface area contributed by atoms with Crippen molar-refractivity contribution in [2.75, 3.05) is 0 Å². The minimum Gasteiger partial charge on any atom is -0.481 e. The molecule has 0 radical (unpaired) electrons. The Bertz CT molecular complexity index is 542. The van der Waals surface area contributed by atoms with Crippen molar-refractivity contribution in [3.8, 4) is 0 Å². The number of benzene rings is 1. The topological polar surface area (TPSA) is 37.3 Å². The van der Waals surface area contributed by atoms with E-state index in [1.165, 1.54) is 6.07 Å². The van der Waals surface area contributed by atoms with E-state index in [9.17, 15) is 18.0 Å². The van der Waals surface area contributed by atoms with E-state index in [1.54, 1.807) is 0 Å². The van der Waals surface area contributed by atoms with E-state index >= 15 is 0 Å². The van der Waals surface area contributed by atoms with Gasteiger partial charge in [-0.15, -0.1) is 0 Å². The SMILES string of the molecule is O=C(O)[C@H]1[C@H](c2cc(Cl)cc(C(F)(F)F)c2)C1(Cl)Cl. The molecule has 1 N–H and O–H groups in total. The lowest BCUT2D eigenvalue weighted by Crippen LogP contribution is -2.06. The molecule has 1 aliphatic rings. The maximum Gasteiger partial charge on any atom is 0.416 e. The minimum atomic E-state index is -4.57. The Hall–Kier alpha value is -0.650. The molecule has 1 aliphatic carbocycles. The predicted octanol–water partition coefficient (Wildman–Crippen LogP) is 4.33. The van der Waals surface area contributed by atoms with E-state index in [1.807, 2.05) is 0 Å². The summed E-state index contributed by atoms with van der Waals surface area (Å²) in [6.45, 7) is 0. The zero-order valence-corrected chi connectivity index (χ0v) is 11.3. The Kier molecular flexibility index (Phi) is 3.44. The van der Waals surface area contributed by atoms with Gasteiger partial charge in [-0.25, -0.2) is 0 Å². The second kappa shape index (κ2) is 4.43. The van der Waals surface area contributed by atoms with Crippen LogP contribution in [0.4, 0.5) is 13.2 Å². The second-order valence-electron chi connectivity index (χ2n) is 4.24. The molecule has 2 atom stereocenters. The molecule has 1 aromatic carbocycles. The fourth-order valence-electron chi connectivity index (χ4n) is 2.00. The molecule has 8 heteroatoms. The van der Waals surface area contributed by atoms with Gasteiger partial charge in [0, 0.05) is 10.9 Å². The number of carboxylic acid groups (broad SMARTS) is 1. The normalized spacial score (nSPS) is 25.2. The summed E-state index contributed by atoms with van der Waals surface area (Å²) in [5.41, 5.74) is -0.896. The van der Waals surface area contributed by atoms with Crippen molar-refractivity contribution in [1.82, 2.24) is 0 Å². The van der Waals surface area contributed by atoms with E-state index in [4.69, 9.17) is 39.9 Å². The number of carbonyl (C=O) groups is 1. The lowest BCUT2D eigenvalue weighted by atomic mass is 10.1. The monoisotopic (exact) mass is 332 g/mol. The van der Waals surface area contributed by atoms with Gasteiger partial charge in [0.2, 0.25) is 0 Å². The summed E-state index contributed by atoms with van der Waals surface area (Å²) in [6.07, 6.45) is -4.57. The quantitative estimate of drug-likeness (QED) is 0.818. The fourth-order valence-corrected chi connectivity index (χ4v) is 3.06. The zero-order chi connectivity index (χ0) is 14.6. The van der Waals surface area contributed by atoms with Gasteiger partial charge in [0.25, 0.3) is 0 Å². The van der Waals surface area contributed by atoms with Gasteiger partial charge in [0.05, 0.1) is 11.5 Å². The van der Waals surface area contributed by atoms with Crippen LogP contribution in [0, 0.1) is 5.92 Å². The number of alkyl halides is 5. The highest BCUT2D eigenvalue weighted by atomic mass is 35.5. The summed E-state index contributed by atoms with van der Waals surface area (Å²) in [5, 5.41) is 8.75. The van der Waals surface area contributed by atoms with Crippen LogP contribution in [-0.2, 0) is 11.0 Å². The van der Waals surface area contributed by atoms with Crippen LogP contribution in [0.3, 0.4) is 0 Å². The fraction of sp³-hybridized carbons (Fsp3) is 0.364. The molecule has 1 aromatic rings. The third-order valence-corrected chi connectivity index (χ3v) is 4.08. The van der Waals surface area contributed by atoms with Crippen molar-refractivity contribution in [3.05, 3.63) is 34.3 Å².